The van der Waals surface area contributed by atoms with Crippen molar-refractivity contribution in [3.63, 3.8) is 0 Å². The van der Waals surface area contributed by atoms with Crippen LogP contribution < -0.4 is 0 Å². The summed E-state index contributed by atoms with van der Waals surface area (Å²) in [5, 5.41) is 0. The van der Waals surface area contributed by atoms with Gasteiger partial charge < -0.3 is 4.90 Å². The smallest absolute Gasteiger partial charge is 0.261 e. The molecule has 2 rings (SSSR count). The van der Waals surface area contributed by atoms with Crippen LogP contribution in [0, 0.1) is 0 Å². The highest BCUT2D eigenvalue weighted by atomic mass is 16.2. The molecule has 0 unspecified atom stereocenters. The van der Waals surface area contributed by atoms with Crippen LogP contribution in [0.15, 0.2) is 22.9 Å². The van der Waals surface area contributed by atoms with Crippen molar-refractivity contribution < 1.29 is 9.59 Å². The van der Waals surface area contributed by atoms with Crippen LogP contribution in [0.2, 0.25) is 0 Å². The minimum atomic E-state index is -0.135. The maximum absolute atomic E-state index is 12.3. The van der Waals surface area contributed by atoms with E-state index in [0.717, 1.165) is 12.1 Å². The molecule has 4 heteroatoms. The van der Waals surface area contributed by atoms with Crippen LogP contribution >= 0.6 is 0 Å². The summed E-state index contributed by atoms with van der Waals surface area (Å²) in [5.41, 5.74) is 2.44. The van der Waals surface area contributed by atoms with Crippen molar-refractivity contribution in [2.24, 2.45) is 0 Å². The quantitative estimate of drug-likeness (QED) is 0.731. The fourth-order valence-electron chi connectivity index (χ4n) is 2.57. The second-order valence-electron chi connectivity index (χ2n) is 5.81. The maximum Gasteiger partial charge on any atom is 0.261 e. The molecular weight excluding hydrogens is 240 g/mol. The molecule has 0 radical (unpaired) electrons. The fraction of sp³-hybridized carbons (Fsp3) is 0.600. The lowest BCUT2D eigenvalue weighted by Crippen LogP contribution is -2.37. The topological polar surface area (TPSA) is 40.6 Å². The number of carbonyl (C=O) groups excluding carboxylic acids is 2. The van der Waals surface area contributed by atoms with E-state index in [0.29, 0.717) is 23.6 Å². The van der Waals surface area contributed by atoms with Crippen molar-refractivity contribution in [1.29, 1.82) is 0 Å². The molecule has 0 saturated carbocycles. The summed E-state index contributed by atoms with van der Waals surface area (Å²) in [6.45, 7) is 7.98. The highest BCUT2D eigenvalue weighted by Gasteiger charge is 2.40. The number of hydrogen-bond acceptors (Lipinski definition) is 3. The van der Waals surface area contributed by atoms with Gasteiger partial charge in [0.2, 0.25) is 0 Å². The van der Waals surface area contributed by atoms with Crippen LogP contribution in [0.1, 0.15) is 40.5 Å². The number of hydrogen-bond donors (Lipinski definition) is 0. The van der Waals surface area contributed by atoms with Crippen LogP contribution in [0.4, 0.5) is 0 Å². The zero-order chi connectivity index (χ0) is 14.3. The second-order valence-corrected chi connectivity index (χ2v) is 5.81. The number of imide groups is 1. The van der Waals surface area contributed by atoms with Crippen molar-refractivity contribution in [2.45, 2.75) is 52.6 Å². The molecule has 0 bridgehead atoms. The first-order valence-electron chi connectivity index (χ1n) is 6.89. The lowest BCUT2D eigenvalue weighted by atomic mass is 9.96. The number of allylic oxidation sites excluding steroid dienone is 1. The minimum absolute atomic E-state index is 0.0784. The number of rotatable bonds is 3. The zero-order valence-electron chi connectivity index (χ0n) is 12.4. The van der Waals surface area contributed by atoms with Gasteiger partial charge in [-0.15, -0.1) is 0 Å². The Morgan fingerprint density at radius 2 is 1.74 bits per heavy atom. The van der Waals surface area contributed by atoms with Gasteiger partial charge in [0, 0.05) is 30.4 Å². The lowest BCUT2D eigenvalue weighted by molar-refractivity contribution is -0.139. The summed E-state index contributed by atoms with van der Waals surface area (Å²) in [4.78, 5) is 28.1. The Kier molecular flexibility index (Phi) is 3.52. The Morgan fingerprint density at radius 1 is 1.11 bits per heavy atom. The van der Waals surface area contributed by atoms with Gasteiger partial charge in [-0.1, -0.05) is 0 Å². The molecule has 104 valence electrons. The monoisotopic (exact) mass is 262 g/mol. The minimum Gasteiger partial charge on any atom is -0.375 e. The van der Waals surface area contributed by atoms with E-state index >= 15 is 0 Å². The molecule has 1 aliphatic heterocycles. The van der Waals surface area contributed by atoms with Gasteiger partial charge >= 0.3 is 0 Å². The van der Waals surface area contributed by atoms with Crippen LogP contribution in [0.3, 0.4) is 0 Å². The van der Waals surface area contributed by atoms with Crippen LogP contribution in [-0.2, 0) is 9.59 Å². The second kappa shape index (κ2) is 4.83. The summed E-state index contributed by atoms with van der Waals surface area (Å²) in [6, 6.07) is 0.312. The molecule has 2 amide bonds. The average Bonchev–Trinajstić information content (AvgIpc) is 2.60. The lowest BCUT2D eigenvalue weighted by Gasteiger charge is -2.28. The summed E-state index contributed by atoms with van der Waals surface area (Å²) >= 11 is 0. The Labute approximate surface area is 114 Å². The molecule has 0 fully saturated rings. The van der Waals surface area contributed by atoms with E-state index in [-0.39, 0.29) is 17.9 Å². The van der Waals surface area contributed by atoms with Crippen molar-refractivity contribution >= 4 is 11.8 Å². The molecule has 0 aromatic heterocycles. The average molecular weight is 262 g/mol. The van der Waals surface area contributed by atoms with E-state index in [2.05, 4.69) is 18.7 Å². The van der Waals surface area contributed by atoms with Gasteiger partial charge in [0.15, 0.2) is 0 Å². The van der Waals surface area contributed by atoms with Crippen LogP contribution in [0.5, 0.6) is 0 Å². The molecule has 0 atom stereocenters. The predicted octanol–water partition coefficient (Wildman–Crippen LogP) is 2.08. The molecule has 1 aliphatic carbocycles. The standard InChI is InChI=1S/C15H22N2O2/c1-9(2)16(5)11-6-7-12-13(8-11)15(19)17(10(3)4)14(12)18/h8-10H,6-7H2,1-5H3. The SMILES string of the molecule is CC(C)N(C)C1=CC2=C(CC1)C(=O)N(C(C)C)C2=O. The molecule has 2 aliphatic rings. The largest absolute Gasteiger partial charge is 0.375 e. The van der Waals surface area contributed by atoms with E-state index in [4.69, 9.17) is 0 Å². The third-order valence-electron chi connectivity index (χ3n) is 3.94. The van der Waals surface area contributed by atoms with Gasteiger partial charge in [-0.25, -0.2) is 0 Å². The van der Waals surface area contributed by atoms with E-state index < -0.39 is 0 Å². The van der Waals surface area contributed by atoms with Crippen molar-refractivity contribution in [3.8, 4) is 0 Å². The van der Waals surface area contributed by atoms with E-state index in [1.165, 1.54) is 4.90 Å². The first-order valence-corrected chi connectivity index (χ1v) is 6.89. The van der Waals surface area contributed by atoms with Crippen LogP contribution in [-0.4, -0.2) is 40.7 Å². The third kappa shape index (κ3) is 2.20. The van der Waals surface area contributed by atoms with Crippen LogP contribution in [0.25, 0.3) is 0 Å². The van der Waals surface area contributed by atoms with Gasteiger partial charge in [-0.3, -0.25) is 14.5 Å². The fourth-order valence-corrected chi connectivity index (χ4v) is 2.57. The Hall–Kier alpha value is -1.58. The van der Waals surface area contributed by atoms with Gasteiger partial charge in [0.25, 0.3) is 11.8 Å². The van der Waals surface area contributed by atoms with E-state index in [9.17, 15) is 9.59 Å². The normalized spacial score (nSPS) is 19.5. The molecule has 0 aromatic rings. The maximum atomic E-state index is 12.3. The van der Waals surface area contributed by atoms with Gasteiger partial charge in [0.05, 0.1) is 5.57 Å². The first-order chi connectivity index (χ1) is 8.84. The molecule has 0 N–H and O–H groups in total. The number of carbonyl (C=O) groups is 2. The molecule has 0 aromatic carbocycles. The Balaban J connectivity index is 2.34. The molecule has 19 heavy (non-hydrogen) atoms. The molecule has 1 heterocycles. The van der Waals surface area contributed by atoms with Crippen molar-refractivity contribution in [2.75, 3.05) is 7.05 Å². The third-order valence-corrected chi connectivity index (χ3v) is 3.94. The molecule has 4 nitrogen and oxygen atoms in total. The van der Waals surface area contributed by atoms with Crippen molar-refractivity contribution in [3.05, 3.63) is 22.9 Å². The first kappa shape index (κ1) is 13.8. The van der Waals surface area contributed by atoms with Crippen molar-refractivity contribution in [1.82, 2.24) is 9.80 Å². The molecule has 0 saturated heterocycles. The molecular formula is C15H22N2O2. The van der Waals surface area contributed by atoms with Gasteiger partial charge in [0.1, 0.15) is 0 Å². The highest BCUT2D eigenvalue weighted by molar-refractivity contribution is 6.21. The van der Waals surface area contributed by atoms with E-state index in [1.807, 2.05) is 27.0 Å². The predicted molar refractivity (Wildman–Crippen MR) is 74.2 cm³/mol. The summed E-state index contributed by atoms with van der Waals surface area (Å²) < 4.78 is 0. The van der Waals surface area contributed by atoms with Gasteiger partial charge in [-0.2, -0.15) is 0 Å². The van der Waals surface area contributed by atoms with E-state index in [1.54, 1.807) is 0 Å². The number of nitrogens with zero attached hydrogens (tertiary/aromatic N) is 2. The van der Waals surface area contributed by atoms with Gasteiger partial charge in [-0.05, 0) is 46.6 Å². The highest BCUT2D eigenvalue weighted by Crippen LogP contribution is 2.34. The Bertz CT molecular complexity index is 486. The number of amides is 2. The summed E-state index contributed by atoms with van der Waals surface area (Å²) in [5.74, 6) is -0.234. The Morgan fingerprint density at radius 3 is 2.26 bits per heavy atom. The summed E-state index contributed by atoms with van der Waals surface area (Å²) in [6.07, 6.45) is 3.41. The zero-order valence-corrected chi connectivity index (χ0v) is 12.4. The summed E-state index contributed by atoms with van der Waals surface area (Å²) in [7, 11) is 2.03. The molecule has 0 spiro atoms.